The van der Waals surface area contributed by atoms with Crippen molar-refractivity contribution >= 4 is 40.4 Å². The van der Waals surface area contributed by atoms with Crippen LogP contribution in [0.25, 0.3) is 0 Å². The zero-order chi connectivity index (χ0) is 24.0. The molecular formula is C26H26FN5O2. The fraction of sp³-hybridized carbons (Fsp3) is 0.269. The quantitative estimate of drug-likeness (QED) is 0.609. The summed E-state index contributed by atoms with van der Waals surface area (Å²) >= 11 is 0. The fourth-order valence-corrected chi connectivity index (χ4v) is 4.59. The van der Waals surface area contributed by atoms with Crippen LogP contribution in [-0.2, 0) is 0 Å². The highest BCUT2D eigenvalue weighted by Crippen LogP contribution is 2.40. The van der Waals surface area contributed by atoms with Crippen LogP contribution in [0.4, 0.5) is 33.0 Å². The van der Waals surface area contributed by atoms with Gasteiger partial charge in [-0.15, -0.1) is 0 Å². The highest BCUT2D eigenvalue weighted by Gasteiger charge is 2.28. The van der Waals surface area contributed by atoms with E-state index in [9.17, 15) is 14.0 Å². The number of carbonyl (C=O) groups excluding carboxylic acids is 2. The Morgan fingerprint density at radius 1 is 1.06 bits per heavy atom. The number of hydrogen-bond acceptors (Lipinski definition) is 5. The molecule has 1 saturated heterocycles. The molecule has 2 amide bonds. The number of pyridine rings is 1. The summed E-state index contributed by atoms with van der Waals surface area (Å²) in [5.41, 5.74) is 3.34. The molecule has 3 heterocycles. The van der Waals surface area contributed by atoms with Crippen molar-refractivity contribution in [1.82, 2.24) is 9.88 Å². The zero-order valence-corrected chi connectivity index (χ0v) is 19.4. The van der Waals surface area contributed by atoms with Crippen LogP contribution in [0.2, 0.25) is 0 Å². The van der Waals surface area contributed by atoms with Crippen LogP contribution in [0, 0.1) is 11.7 Å². The number of hydrogen-bond donors (Lipinski definition) is 1. The molecule has 7 nitrogen and oxygen atoms in total. The van der Waals surface area contributed by atoms with E-state index in [1.807, 2.05) is 30.1 Å². The lowest BCUT2D eigenvalue weighted by Crippen LogP contribution is -2.28. The Labute approximate surface area is 197 Å². The number of nitrogens with zero attached hydrogens (tertiary/aromatic N) is 4. The van der Waals surface area contributed by atoms with Crippen molar-refractivity contribution in [2.24, 2.45) is 5.92 Å². The number of rotatable bonds is 3. The van der Waals surface area contributed by atoms with Crippen molar-refractivity contribution in [2.45, 2.75) is 13.3 Å². The lowest BCUT2D eigenvalue weighted by atomic mass is 10.1. The van der Waals surface area contributed by atoms with E-state index in [0.717, 1.165) is 17.8 Å². The molecule has 1 N–H and O–H groups in total. The van der Waals surface area contributed by atoms with E-state index in [1.54, 1.807) is 47.3 Å². The van der Waals surface area contributed by atoms with Gasteiger partial charge in [0, 0.05) is 38.8 Å². The maximum Gasteiger partial charge on any atom is 0.260 e. The third-order valence-electron chi connectivity index (χ3n) is 6.57. The second-order valence-electron chi connectivity index (χ2n) is 8.96. The van der Waals surface area contributed by atoms with E-state index in [-0.39, 0.29) is 17.5 Å². The van der Waals surface area contributed by atoms with E-state index in [0.29, 0.717) is 41.6 Å². The third-order valence-corrected chi connectivity index (χ3v) is 6.57. The van der Waals surface area contributed by atoms with E-state index < -0.39 is 5.82 Å². The number of benzene rings is 2. The molecule has 2 aromatic carbocycles. The van der Waals surface area contributed by atoms with Gasteiger partial charge in [-0.1, -0.05) is 19.1 Å². The molecule has 3 aromatic rings. The molecule has 174 valence electrons. The third kappa shape index (κ3) is 3.75. The standard InChI is InChI=1S/C26H26FN5O2/c1-16-10-11-32(15-16)25(33)17-8-9-20(19(27)12-17)29-24-13-22-23(14-28-24)31(3)26(34)18-6-4-5-7-21(18)30(22)2/h4-9,12-14,16H,10-11,15H2,1-3H3,(H,28,29). The number of fused-ring (bicyclic) bond motifs is 2. The SMILES string of the molecule is CC1CCN(C(=O)c2ccc(Nc3cc4c(cn3)N(C)C(=O)c3ccccc3N4C)c(F)c2)C1. The van der Waals surface area contributed by atoms with Crippen molar-refractivity contribution in [3.63, 3.8) is 0 Å². The first-order valence-corrected chi connectivity index (χ1v) is 11.3. The average molecular weight is 460 g/mol. The maximum absolute atomic E-state index is 14.9. The lowest BCUT2D eigenvalue weighted by Gasteiger charge is -2.22. The van der Waals surface area contributed by atoms with Crippen molar-refractivity contribution in [2.75, 3.05) is 42.3 Å². The van der Waals surface area contributed by atoms with Gasteiger partial charge in [0.1, 0.15) is 11.6 Å². The average Bonchev–Trinajstić information content (AvgIpc) is 3.27. The largest absolute Gasteiger partial charge is 0.342 e. The summed E-state index contributed by atoms with van der Waals surface area (Å²) in [6.07, 6.45) is 2.57. The highest BCUT2D eigenvalue weighted by atomic mass is 19.1. The van der Waals surface area contributed by atoms with Gasteiger partial charge < -0.3 is 20.0 Å². The number of halogens is 1. The van der Waals surface area contributed by atoms with Crippen LogP contribution in [0.3, 0.4) is 0 Å². The van der Waals surface area contributed by atoms with Crippen molar-refractivity contribution < 1.29 is 14.0 Å². The Kier molecular flexibility index (Phi) is 5.43. The molecule has 8 heteroatoms. The summed E-state index contributed by atoms with van der Waals surface area (Å²) in [6.45, 7) is 3.51. The Balaban J connectivity index is 1.43. The number of nitrogens with one attached hydrogen (secondary N) is 1. The van der Waals surface area contributed by atoms with Gasteiger partial charge in [0.15, 0.2) is 0 Å². The second kappa shape index (κ2) is 8.44. The molecule has 0 saturated carbocycles. The molecule has 0 spiro atoms. The molecule has 1 unspecified atom stereocenters. The second-order valence-corrected chi connectivity index (χ2v) is 8.96. The summed E-state index contributed by atoms with van der Waals surface area (Å²) in [5, 5.41) is 3.01. The smallest absolute Gasteiger partial charge is 0.260 e. The first-order chi connectivity index (χ1) is 16.3. The molecule has 1 fully saturated rings. The first kappa shape index (κ1) is 21.9. The number of para-hydroxylation sites is 1. The minimum Gasteiger partial charge on any atom is -0.342 e. The summed E-state index contributed by atoms with van der Waals surface area (Å²) in [4.78, 5) is 35.3. The van der Waals surface area contributed by atoms with Crippen LogP contribution >= 0.6 is 0 Å². The number of aromatic nitrogens is 1. The molecular weight excluding hydrogens is 433 g/mol. The Morgan fingerprint density at radius 2 is 1.85 bits per heavy atom. The minimum absolute atomic E-state index is 0.123. The number of anilines is 5. The predicted molar refractivity (Wildman–Crippen MR) is 131 cm³/mol. The summed E-state index contributed by atoms with van der Waals surface area (Å²) < 4.78 is 14.9. The predicted octanol–water partition coefficient (Wildman–Crippen LogP) is 4.80. The van der Waals surface area contributed by atoms with E-state index in [2.05, 4.69) is 17.2 Å². The topological polar surface area (TPSA) is 68.8 Å². The van der Waals surface area contributed by atoms with Crippen molar-refractivity contribution in [3.8, 4) is 0 Å². The van der Waals surface area contributed by atoms with Crippen molar-refractivity contribution in [1.29, 1.82) is 0 Å². The summed E-state index contributed by atoms with van der Waals surface area (Å²) in [7, 11) is 3.59. The summed E-state index contributed by atoms with van der Waals surface area (Å²) in [5.74, 6) is 0.0971. The van der Waals surface area contributed by atoms with Gasteiger partial charge in [0.05, 0.1) is 34.5 Å². The Bertz CT molecular complexity index is 1290. The fourth-order valence-electron chi connectivity index (χ4n) is 4.59. The minimum atomic E-state index is -0.527. The number of amides is 2. The van der Waals surface area contributed by atoms with Crippen LogP contribution in [0.5, 0.6) is 0 Å². The molecule has 5 rings (SSSR count). The van der Waals surface area contributed by atoms with Crippen molar-refractivity contribution in [3.05, 3.63) is 71.7 Å². The molecule has 2 aliphatic rings. The molecule has 2 aliphatic heterocycles. The zero-order valence-electron chi connectivity index (χ0n) is 19.4. The van der Waals surface area contributed by atoms with Crippen LogP contribution in [0.1, 0.15) is 34.1 Å². The Hall–Kier alpha value is -3.94. The van der Waals surface area contributed by atoms with Crippen LogP contribution in [-0.4, -0.2) is 48.9 Å². The first-order valence-electron chi connectivity index (χ1n) is 11.3. The van der Waals surface area contributed by atoms with E-state index in [1.165, 1.54) is 6.07 Å². The number of likely N-dealkylation sites (tertiary alicyclic amines) is 1. The maximum atomic E-state index is 14.9. The van der Waals surface area contributed by atoms with Crippen LogP contribution in [0.15, 0.2) is 54.7 Å². The van der Waals surface area contributed by atoms with Gasteiger partial charge in [0.2, 0.25) is 0 Å². The highest BCUT2D eigenvalue weighted by molar-refractivity contribution is 6.13. The molecule has 0 bridgehead atoms. The molecule has 0 radical (unpaired) electrons. The van der Waals surface area contributed by atoms with Gasteiger partial charge in [0.25, 0.3) is 11.8 Å². The number of carbonyl (C=O) groups is 2. The summed E-state index contributed by atoms with van der Waals surface area (Å²) in [6, 6.07) is 13.6. The molecule has 34 heavy (non-hydrogen) atoms. The molecule has 1 aromatic heterocycles. The van der Waals surface area contributed by atoms with Gasteiger partial charge in [-0.3, -0.25) is 9.59 Å². The van der Waals surface area contributed by atoms with Gasteiger partial charge in [-0.25, -0.2) is 9.37 Å². The van der Waals surface area contributed by atoms with Gasteiger partial charge >= 0.3 is 0 Å². The van der Waals surface area contributed by atoms with Crippen LogP contribution < -0.4 is 15.1 Å². The Morgan fingerprint density at radius 3 is 2.59 bits per heavy atom. The molecule has 0 aliphatic carbocycles. The monoisotopic (exact) mass is 459 g/mol. The lowest BCUT2D eigenvalue weighted by molar-refractivity contribution is 0.0787. The van der Waals surface area contributed by atoms with E-state index in [4.69, 9.17) is 0 Å². The van der Waals surface area contributed by atoms with Gasteiger partial charge in [-0.05, 0) is 42.7 Å². The normalized spacial score (nSPS) is 17.4. The van der Waals surface area contributed by atoms with Gasteiger partial charge in [-0.2, -0.15) is 0 Å². The molecule has 1 atom stereocenters. The van der Waals surface area contributed by atoms with E-state index >= 15 is 0 Å².